The minimum atomic E-state index is -0.697. The number of nitriles is 1. The van der Waals surface area contributed by atoms with E-state index in [-0.39, 0.29) is 25.5 Å². The molecule has 0 bridgehead atoms. The van der Waals surface area contributed by atoms with Crippen LogP contribution in [-0.2, 0) is 20.7 Å². The molecule has 1 unspecified atom stereocenters. The first kappa shape index (κ1) is 19.1. The zero-order chi connectivity index (χ0) is 19.9. The van der Waals surface area contributed by atoms with Crippen molar-refractivity contribution in [1.29, 1.82) is 5.26 Å². The van der Waals surface area contributed by atoms with E-state index in [4.69, 9.17) is 10.00 Å². The van der Waals surface area contributed by atoms with Gasteiger partial charge in [-0.2, -0.15) is 5.26 Å². The standard InChI is InChI=1S/C21H19N3O4/c22-12-16-8-6-15(7-9-16)10-11-19(25)23-18(17-4-2-1-3-5-17)13-24-20(26)14-28-21(24)27/h1-9,18H,10-11,13-14H2,(H,23,25). The fourth-order valence-corrected chi connectivity index (χ4v) is 2.93. The van der Waals surface area contributed by atoms with Gasteiger partial charge in [0.25, 0.3) is 5.91 Å². The Balaban J connectivity index is 1.64. The highest BCUT2D eigenvalue weighted by Gasteiger charge is 2.33. The SMILES string of the molecule is N#Cc1ccc(CCC(=O)NC(CN2C(=O)COC2=O)c2ccccc2)cc1. The summed E-state index contributed by atoms with van der Waals surface area (Å²) in [7, 11) is 0. The smallest absolute Gasteiger partial charge is 0.417 e. The molecule has 3 rings (SSSR count). The molecule has 1 fully saturated rings. The number of benzene rings is 2. The molecule has 2 aromatic rings. The maximum absolute atomic E-state index is 12.5. The molecule has 0 spiro atoms. The van der Waals surface area contributed by atoms with Gasteiger partial charge in [-0.05, 0) is 29.7 Å². The van der Waals surface area contributed by atoms with Crippen molar-refractivity contribution < 1.29 is 19.1 Å². The van der Waals surface area contributed by atoms with Gasteiger partial charge < -0.3 is 10.1 Å². The Morgan fingerprint density at radius 1 is 1.14 bits per heavy atom. The van der Waals surface area contributed by atoms with Crippen molar-refractivity contribution in [1.82, 2.24) is 10.2 Å². The predicted molar refractivity (Wildman–Crippen MR) is 99.9 cm³/mol. The van der Waals surface area contributed by atoms with E-state index in [1.54, 1.807) is 12.1 Å². The average molecular weight is 377 g/mol. The van der Waals surface area contributed by atoms with E-state index >= 15 is 0 Å². The Morgan fingerprint density at radius 2 is 1.86 bits per heavy atom. The van der Waals surface area contributed by atoms with Crippen LogP contribution >= 0.6 is 0 Å². The van der Waals surface area contributed by atoms with Crippen LogP contribution in [0.15, 0.2) is 54.6 Å². The number of nitrogens with one attached hydrogen (secondary N) is 1. The number of carbonyl (C=O) groups is 3. The second kappa shape index (κ2) is 8.82. The second-order valence-corrected chi connectivity index (χ2v) is 6.40. The lowest BCUT2D eigenvalue weighted by atomic mass is 10.0. The van der Waals surface area contributed by atoms with Crippen LogP contribution in [0, 0.1) is 11.3 Å². The minimum Gasteiger partial charge on any atom is -0.439 e. The lowest BCUT2D eigenvalue weighted by molar-refractivity contribution is -0.127. The summed E-state index contributed by atoms with van der Waals surface area (Å²) in [4.78, 5) is 37.1. The quantitative estimate of drug-likeness (QED) is 0.798. The molecule has 0 aromatic heterocycles. The third-order valence-corrected chi connectivity index (χ3v) is 4.47. The summed E-state index contributed by atoms with van der Waals surface area (Å²) in [6, 6.07) is 17.8. The molecule has 0 radical (unpaired) electrons. The fraction of sp³-hybridized carbons (Fsp3) is 0.238. The van der Waals surface area contributed by atoms with Gasteiger partial charge in [-0.1, -0.05) is 42.5 Å². The molecule has 2 aromatic carbocycles. The highest BCUT2D eigenvalue weighted by molar-refractivity contribution is 5.97. The highest BCUT2D eigenvalue weighted by Crippen LogP contribution is 2.18. The van der Waals surface area contributed by atoms with Gasteiger partial charge in [-0.3, -0.25) is 9.59 Å². The van der Waals surface area contributed by atoms with Gasteiger partial charge in [-0.25, -0.2) is 9.69 Å². The third-order valence-electron chi connectivity index (χ3n) is 4.47. The molecule has 1 aliphatic heterocycles. The number of ether oxygens (including phenoxy) is 1. The molecule has 142 valence electrons. The van der Waals surface area contributed by atoms with E-state index < -0.39 is 18.0 Å². The summed E-state index contributed by atoms with van der Waals surface area (Å²) in [6.45, 7) is -0.253. The number of imide groups is 1. The number of nitrogens with zero attached hydrogens (tertiary/aromatic N) is 2. The fourth-order valence-electron chi connectivity index (χ4n) is 2.93. The normalized spacial score (nSPS) is 14.3. The maximum Gasteiger partial charge on any atom is 0.417 e. The van der Waals surface area contributed by atoms with Crippen molar-refractivity contribution in [3.63, 3.8) is 0 Å². The van der Waals surface area contributed by atoms with Crippen LogP contribution in [0.3, 0.4) is 0 Å². The number of carbonyl (C=O) groups excluding carboxylic acids is 3. The lowest BCUT2D eigenvalue weighted by Gasteiger charge is -2.23. The molecule has 1 aliphatic rings. The zero-order valence-electron chi connectivity index (χ0n) is 15.1. The Kier molecular flexibility index (Phi) is 6.02. The number of amides is 3. The van der Waals surface area contributed by atoms with Crippen LogP contribution in [0.2, 0.25) is 0 Å². The van der Waals surface area contributed by atoms with E-state index in [0.29, 0.717) is 12.0 Å². The zero-order valence-corrected chi connectivity index (χ0v) is 15.1. The first-order valence-electron chi connectivity index (χ1n) is 8.87. The van der Waals surface area contributed by atoms with E-state index in [1.807, 2.05) is 42.5 Å². The molecular weight excluding hydrogens is 358 g/mol. The Morgan fingerprint density at radius 3 is 2.46 bits per heavy atom. The molecule has 0 aliphatic carbocycles. The average Bonchev–Trinajstić information content (AvgIpc) is 3.04. The van der Waals surface area contributed by atoms with Crippen LogP contribution in [0.25, 0.3) is 0 Å². The lowest BCUT2D eigenvalue weighted by Crippen LogP contribution is -2.40. The summed E-state index contributed by atoms with van der Waals surface area (Å²) >= 11 is 0. The topological polar surface area (TPSA) is 99.5 Å². The molecule has 1 heterocycles. The molecule has 28 heavy (non-hydrogen) atoms. The summed E-state index contributed by atoms with van der Waals surface area (Å²) in [5.41, 5.74) is 2.31. The molecule has 1 N–H and O–H groups in total. The summed E-state index contributed by atoms with van der Waals surface area (Å²) < 4.78 is 4.75. The van der Waals surface area contributed by atoms with Crippen LogP contribution in [-0.4, -0.2) is 36.0 Å². The molecular formula is C21H19N3O4. The van der Waals surface area contributed by atoms with Gasteiger partial charge in [0.15, 0.2) is 6.61 Å². The predicted octanol–water partition coefficient (Wildman–Crippen LogP) is 2.33. The molecule has 7 heteroatoms. The van der Waals surface area contributed by atoms with Crippen LogP contribution in [0.1, 0.15) is 29.2 Å². The molecule has 3 amide bonds. The van der Waals surface area contributed by atoms with Gasteiger partial charge in [0.1, 0.15) is 0 Å². The summed E-state index contributed by atoms with van der Waals surface area (Å²) in [5.74, 6) is -0.615. The van der Waals surface area contributed by atoms with Crippen molar-refractivity contribution in [2.24, 2.45) is 0 Å². The number of rotatable bonds is 7. The molecule has 1 saturated heterocycles. The van der Waals surface area contributed by atoms with Crippen LogP contribution in [0.4, 0.5) is 4.79 Å². The molecule has 0 saturated carbocycles. The summed E-state index contributed by atoms with van der Waals surface area (Å²) in [5, 5.41) is 11.7. The highest BCUT2D eigenvalue weighted by atomic mass is 16.6. The van der Waals surface area contributed by atoms with E-state index in [1.165, 1.54) is 0 Å². The van der Waals surface area contributed by atoms with Gasteiger partial charge >= 0.3 is 6.09 Å². The van der Waals surface area contributed by atoms with Crippen LogP contribution in [0.5, 0.6) is 0 Å². The van der Waals surface area contributed by atoms with Crippen molar-refractivity contribution >= 4 is 17.9 Å². The molecule has 7 nitrogen and oxygen atoms in total. The van der Waals surface area contributed by atoms with Gasteiger partial charge in [0.2, 0.25) is 5.91 Å². The van der Waals surface area contributed by atoms with E-state index in [2.05, 4.69) is 11.4 Å². The largest absolute Gasteiger partial charge is 0.439 e. The number of hydrogen-bond donors (Lipinski definition) is 1. The van der Waals surface area contributed by atoms with Crippen molar-refractivity contribution in [2.45, 2.75) is 18.9 Å². The number of aryl methyl sites for hydroxylation is 1. The molecule has 1 atom stereocenters. The maximum atomic E-state index is 12.5. The minimum absolute atomic E-state index is 0.0181. The number of cyclic esters (lactones) is 1. The van der Waals surface area contributed by atoms with Gasteiger partial charge in [0.05, 0.1) is 24.2 Å². The third kappa shape index (κ3) is 4.74. The van der Waals surface area contributed by atoms with Crippen molar-refractivity contribution in [3.05, 3.63) is 71.3 Å². The second-order valence-electron chi connectivity index (χ2n) is 6.40. The number of hydrogen-bond acceptors (Lipinski definition) is 5. The Hall–Kier alpha value is -3.66. The first-order valence-corrected chi connectivity index (χ1v) is 8.87. The Bertz CT molecular complexity index is 887. The van der Waals surface area contributed by atoms with Crippen molar-refractivity contribution in [3.8, 4) is 6.07 Å². The van der Waals surface area contributed by atoms with E-state index in [9.17, 15) is 14.4 Å². The van der Waals surface area contributed by atoms with Crippen molar-refractivity contribution in [2.75, 3.05) is 13.2 Å². The van der Waals surface area contributed by atoms with Crippen LogP contribution < -0.4 is 5.32 Å². The summed E-state index contributed by atoms with van der Waals surface area (Å²) in [6.07, 6.45) is 0.0648. The Labute approximate surface area is 162 Å². The van der Waals surface area contributed by atoms with Gasteiger partial charge in [0, 0.05) is 6.42 Å². The van der Waals surface area contributed by atoms with Gasteiger partial charge in [-0.15, -0.1) is 0 Å². The monoisotopic (exact) mass is 377 g/mol. The first-order chi connectivity index (χ1) is 13.6. The van der Waals surface area contributed by atoms with E-state index in [0.717, 1.165) is 16.0 Å².